The van der Waals surface area contributed by atoms with Crippen molar-refractivity contribution in [1.29, 1.82) is 0 Å². The molecule has 0 amide bonds. The number of carbonyl (C=O) groups excluding carboxylic acids is 1. The first-order valence-corrected chi connectivity index (χ1v) is 13.4. The molecule has 1 aliphatic rings. The highest BCUT2D eigenvalue weighted by atomic mass is 19.2. The predicted octanol–water partition coefficient (Wildman–Crippen LogP) is 4.77. The molecule has 2 aromatic carbocycles. The van der Waals surface area contributed by atoms with Gasteiger partial charge < -0.3 is 9.84 Å². The van der Waals surface area contributed by atoms with Crippen molar-refractivity contribution >= 4 is 5.78 Å². The first-order valence-electron chi connectivity index (χ1n) is 13.4. The molecule has 5 rings (SSSR count). The summed E-state index contributed by atoms with van der Waals surface area (Å²) in [6, 6.07) is 16.9. The van der Waals surface area contributed by atoms with Crippen molar-refractivity contribution in [1.82, 2.24) is 19.8 Å². The van der Waals surface area contributed by atoms with Crippen LogP contribution in [0.25, 0.3) is 16.9 Å². The van der Waals surface area contributed by atoms with Crippen molar-refractivity contribution in [2.24, 2.45) is 5.92 Å². The number of hydrogen-bond acceptors (Lipinski definition) is 7. The number of Topliss-reactive ketones (excluding diaryl/α,β-unsaturated/α-hetero) is 1. The van der Waals surface area contributed by atoms with Crippen LogP contribution in [-0.4, -0.2) is 57.5 Å². The maximum absolute atomic E-state index is 14.1. The minimum Gasteiger partial charge on any atom is -0.390 e. The summed E-state index contributed by atoms with van der Waals surface area (Å²) < 4.78 is 34.7. The lowest BCUT2D eigenvalue weighted by Gasteiger charge is -2.18. The fraction of sp³-hybridized carbons (Fsp3) is 0.323. The van der Waals surface area contributed by atoms with Crippen LogP contribution in [0.15, 0.2) is 66.9 Å². The Morgan fingerprint density at radius 3 is 2.66 bits per heavy atom. The van der Waals surface area contributed by atoms with Gasteiger partial charge in [0.1, 0.15) is 11.9 Å². The third-order valence-corrected chi connectivity index (χ3v) is 7.30. The van der Waals surface area contributed by atoms with E-state index in [1.54, 1.807) is 29.1 Å². The number of hydroxylamine groups is 2. The Bertz CT molecular complexity index is 1510. The van der Waals surface area contributed by atoms with Crippen molar-refractivity contribution in [2.45, 2.75) is 32.5 Å². The second kappa shape index (κ2) is 12.8. The van der Waals surface area contributed by atoms with E-state index in [1.807, 2.05) is 43.3 Å². The van der Waals surface area contributed by atoms with E-state index in [-0.39, 0.29) is 31.1 Å². The fourth-order valence-electron chi connectivity index (χ4n) is 5.24. The van der Waals surface area contributed by atoms with Crippen molar-refractivity contribution in [3.05, 3.63) is 101 Å². The van der Waals surface area contributed by atoms with Crippen LogP contribution in [0, 0.1) is 24.5 Å². The minimum absolute atomic E-state index is 0.0303. The molecule has 0 aliphatic carbocycles. The number of rotatable bonds is 11. The summed E-state index contributed by atoms with van der Waals surface area (Å²) in [5.74, 6) is -2.19. The smallest absolute Gasteiger partial charge is 0.159 e. The fourth-order valence-corrected chi connectivity index (χ4v) is 5.24. The van der Waals surface area contributed by atoms with Gasteiger partial charge in [-0.05, 0) is 54.4 Å². The molecule has 1 aliphatic heterocycles. The SMILES string of the molecule is COCCN1C[C@@H](CC(=O)Cc2c(C)c(-c3ccnc(CO)c3)nn2-c2ccccc2)[C@H](c2ccc(F)c(F)c2)O1. The summed E-state index contributed by atoms with van der Waals surface area (Å²) in [6.45, 7) is 3.09. The van der Waals surface area contributed by atoms with Gasteiger partial charge in [-0.1, -0.05) is 24.3 Å². The lowest BCUT2D eigenvalue weighted by Crippen LogP contribution is -2.24. The Morgan fingerprint density at radius 2 is 1.93 bits per heavy atom. The Balaban J connectivity index is 1.43. The van der Waals surface area contributed by atoms with Crippen LogP contribution in [0.4, 0.5) is 8.78 Å². The van der Waals surface area contributed by atoms with Gasteiger partial charge >= 0.3 is 0 Å². The molecule has 2 aromatic heterocycles. The van der Waals surface area contributed by atoms with Crippen LogP contribution >= 0.6 is 0 Å². The monoisotopic (exact) mass is 562 g/mol. The van der Waals surface area contributed by atoms with E-state index in [1.165, 1.54) is 6.07 Å². The zero-order chi connectivity index (χ0) is 28.9. The molecule has 0 saturated carbocycles. The number of aliphatic hydroxyl groups is 1. The van der Waals surface area contributed by atoms with E-state index in [0.29, 0.717) is 36.6 Å². The Morgan fingerprint density at radius 1 is 1.12 bits per heavy atom. The molecule has 3 heterocycles. The second-order valence-corrected chi connectivity index (χ2v) is 10.1. The van der Waals surface area contributed by atoms with E-state index >= 15 is 0 Å². The zero-order valence-corrected chi connectivity index (χ0v) is 23.0. The number of methoxy groups -OCH3 is 1. The number of nitrogens with zero attached hydrogens (tertiary/aromatic N) is 4. The van der Waals surface area contributed by atoms with E-state index in [4.69, 9.17) is 14.7 Å². The molecule has 1 fully saturated rings. The number of hydrogen-bond donors (Lipinski definition) is 1. The summed E-state index contributed by atoms with van der Waals surface area (Å²) in [6.07, 6.45) is 1.31. The number of halogens is 2. The Kier molecular flexibility index (Phi) is 8.94. The van der Waals surface area contributed by atoms with E-state index < -0.39 is 17.7 Å². The molecule has 1 saturated heterocycles. The van der Waals surface area contributed by atoms with Gasteiger partial charge in [0, 0.05) is 50.7 Å². The third kappa shape index (κ3) is 6.41. The molecule has 8 nitrogen and oxygen atoms in total. The maximum atomic E-state index is 14.1. The normalized spacial score (nSPS) is 17.3. The van der Waals surface area contributed by atoms with E-state index in [0.717, 1.165) is 34.6 Å². The van der Waals surface area contributed by atoms with Gasteiger partial charge in [-0.3, -0.25) is 14.6 Å². The van der Waals surface area contributed by atoms with Gasteiger partial charge in [0.05, 0.1) is 36.0 Å². The number of aliphatic hydroxyl groups excluding tert-OH is 1. The molecule has 0 radical (unpaired) electrons. The molecular formula is C31H32F2N4O4. The number of pyridine rings is 1. The molecule has 214 valence electrons. The highest BCUT2D eigenvalue weighted by molar-refractivity contribution is 5.82. The van der Waals surface area contributed by atoms with Crippen LogP contribution < -0.4 is 0 Å². The number of carbonyl (C=O) groups is 1. The van der Waals surface area contributed by atoms with E-state index in [2.05, 4.69) is 4.98 Å². The van der Waals surface area contributed by atoms with Gasteiger partial charge in [-0.25, -0.2) is 13.5 Å². The van der Waals surface area contributed by atoms with Gasteiger partial charge in [-0.2, -0.15) is 10.2 Å². The van der Waals surface area contributed by atoms with E-state index in [9.17, 15) is 18.7 Å². The topological polar surface area (TPSA) is 89.7 Å². The van der Waals surface area contributed by atoms with Gasteiger partial charge in [0.2, 0.25) is 0 Å². The first-order chi connectivity index (χ1) is 19.9. The summed E-state index contributed by atoms with van der Waals surface area (Å²) in [5.41, 5.74) is 4.90. The zero-order valence-electron chi connectivity index (χ0n) is 23.0. The number of ketones is 1. The highest BCUT2D eigenvalue weighted by Gasteiger charge is 2.37. The molecule has 0 unspecified atom stereocenters. The molecule has 0 spiro atoms. The standard InChI is InChI=1S/C31H32F2N4O4/c1-20-29(37(25-6-4-3-5-7-25)35-30(20)21-10-11-34-24(14-21)19-38)17-26(39)15-23-18-36(12-13-40-2)41-31(23)22-8-9-27(32)28(33)16-22/h3-11,14,16,23,31,38H,12-13,15,17-19H2,1-2H3/t23-,31+/m1/s1. The molecule has 0 bridgehead atoms. The maximum Gasteiger partial charge on any atom is 0.159 e. The van der Waals surface area contributed by atoms with Crippen molar-refractivity contribution < 1.29 is 28.3 Å². The minimum atomic E-state index is -0.957. The lowest BCUT2D eigenvalue weighted by molar-refractivity contribution is -0.155. The quantitative estimate of drug-likeness (QED) is 0.282. The Labute approximate surface area is 237 Å². The summed E-state index contributed by atoms with van der Waals surface area (Å²) in [5, 5.41) is 16.2. The van der Waals surface area contributed by atoms with Crippen molar-refractivity contribution in [3.8, 4) is 16.9 Å². The van der Waals surface area contributed by atoms with Crippen LogP contribution in [0.1, 0.15) is 35.0 Å². The molecular weight excluding hydrogens is 530 g/mol. The number of ether oxygens (including phenoxy) is 1. The van der Waals surface area contributed by atoms with Crippen LogP contribution in [-0.2, 0) is 27.4 Å². The first kappa shape index (κ1) is 28.7. The summed E-state index contributed by atoms with van der Waals surface area (Å²) in [4.78, 5) is 23.9. The van der Waals surface area contributed by atoms with Gasteiger partial charge in [0.15, 0.2) is 11.6 Å². The lowest BCUT2D eigenvalue weighted by atomic mass is 9.90. The highest BCUT2D eigenvalue weighted by Crippen LogP contribution is 2.37. The summed E-state index contributed by atoms with van der Waals surface area (Å²) in [7, 11) is 1.59. The Hall–Kier alpha value is -3.83. The third-order valence-electron chi connectivity index (χ3n) is 7.30. The largest absolute Gasteiger partial charge is 0.390 e. The predicted molar refractivity (Wildman–Crippen MR) is 148 cm³/mol. The number of benzene rings is 2. The van der Waals surface area contributed by atoms with Gasteiger partial charge in [0.25, 0.3) is 0 Å². The van der Waals surface area contributed by atoms with Crippen molar-refractivity contribution in [3.63, 3.8) is 0 Å². The molecule has 10 heteroatoms. The average Bonchev–Trinajstić information content (AvgIpc) is 3.54. The van der Waals surface area contributed by atoms with Crippen LogP contribution in [0.3, 0.4) is 0 Å². The van der Waals surface area contributed by atoms with Crippen LogP contribution in [0.2, 0.25) is 0 Å². The average molecular weight is 563 g/mol. The molecule has 4 aromatic rings. The number of aromatic nitrogens is 3. The molecule has 1 N–H and O–H groups in total. The number of para-hydroxylation sites is 1. The summed E-state index contributed by atoms with van der Waals surface area (Å²) >= 11 is 0. The van der Waals surface area contributed by atoms with Crippen molar-refractivity contribution in [2.75, 3.05) is 26.8 Å². The van der Waals surface area contributed by atoms with Crippen LogP contribution in [0.5, 0.6) is 0 Å². The van der Waals surface area contributed by atoms with Gasteiger partial charge in [-0.15, -0.1) is 0 Å². The second-order valence-electron chi connectivity index (χ2n) is 10.1. The molecule has 2 atom stereocenters. The molecule has 41 heavy (non-hydrogen) atoms.